The van der Waals surface area contributed by atoms with Crippen molar-refractivity contribution in [3.05, 3.63) is 70.2 Å². The van der Waals surface area contributed by atoms with Crippen molar-refractivity contribution in [1.82, 2.24) is 10.2 Å². The van der Waals surface area contributed by atoms with Crippen molar-refractivity contribution in [1.29, 1.82) is 0 Å². The molecule has 0 spiro atoms. The van der Waals surface area contributed by atoms with Gasteiger partial charge in [0.2, 0.25) is 5.13 Å². The number of unbranched alkanes of at least 4 members (excludes halogenated alkanes) is 2. The minimum absolute atomic E-state index is 0.0156. The predicted molar refractivity (Wildman–Crippen MR) is 139 cm³/mol. The Hall–Kier alpha value is -3.72. The van der Waals surface area contributed by atoms with Crippen molar-refractivity contribution in [3.63, 3.8) is 0 Å². The molecule has 1 unspecified atom stereocenters. The van der Waals surface area contributed by atoms with Crippen molar-refractivity contribution in [3.8, 4) is 11.5 Å². The van der Waals surface area contributed by atoms with Crippen LogP contribution in [0.15, 0.2) is 54.1 Å². The number of aryl methyl sites for hydroxylation is 1. The van der Waals surface area contributed by atoms with E-state index in [1.807, 2.05) is 13.0 Å². The standard InChI is InChI=1S/C27H29N3O5S/c1-4-6-10-15-35-20-14-13-19(16-21(20)34-5-2)23-22(24(31)18-11-8-7-9-12-18)25(32)26(33)30(23)27-29-28-17(3)36-27/h7-9,11-14,16,23,31H,4-6,10,15H2,1-3H3. The van der Waals surface area contributed by atoms with Crippen molar-refractivity contribution >= 4 is 33.9 Å². The molecular formula is C27H29N3O5S. The van der Waals surface area contributed by atoms with Crippen LogP contribution in [-0.4, -0.2) is 40.2 Å². The second-order valence-electron chi connectivity index (χ2n) is 8.33. The van der Waals surface area contributed by atoms with E-state index in [1.54, 1.807) is 49.4 Å². The Bertz CT molecular complexity index is 1270. The van der Waals surface area contributed by atoms with Gasteiger partial charge < -0.3 is 14.6 Å². The smallest absolute Gasteiger partial charge is 0.301 e. The first-order chi connectivity index (χ1) is 17.5. The lowest BCUT2D eigenvalue weighted by Crippen LogP contribution is -2.29. The van der Waals surface area contributed by atoms with Gasteiger partial charge in [0.15, 0.2) is 11.5 Å². The Morgan fingerprint density at radius 1 is 1.03 bits per heavy atom. The molecule has 1 aliphatic rings. The third kappa shape index (κ3) is 5.11. The molecule has 1 aliphatic heterocycles. The molecular weight excluding hydrogens is 478 g/mol. The highest BCUT2D eigenvalue weighted by Crippen LogP contribution is 2.44. The second kappa shape index (κ2) is 11.3. The SMILES string of the molecule is CCCCCOc1ccc(C2C(=C(O)c3ccccc3)C(=O)C(=O)N2c2nnc(C)s2)cc1OCC. The number of carbonyl (C=O) groups excluding carboxylic acids is 2. The summed E-state index contributed by atoms with van der Waals surface area (Å²) in [6, 6.07) is 13.1. The van der Waals surface area contributed by atoms with E-state index in [0.717, 1.165) is 19.3 Å². The molecule has 9 heteroatoms. The minimum Gasteiger partial charge on any atom is -0.507 e. The summed E-state index contributed by atoms with van der Waals surface area (Å²) in [5.41, 5.74) is 1.01. The third-order valence-electron chi connectivity index (χ3n) is 5.80. The normalized spacial score (nSPS) is 17.0. The van der Waals surface area contributed by atoms with Gasteiger partial charge in [-0.1, -0.05) is 67.5 Å². The highest BCUT2D eigenvalue weighted by atomic mass is 32.1. The van der Waals surface area contributed by atoms with E-state index in [0.29, 0.717) is 40.8 Å². The minimum atomic E-state index is -0.911. The van der Waals surface area contributed by atoms with Gasteiger partial charge in [0.05, 0.1) is 24.8 Å². The molecule has 1 saturated heterocycles. The van der Waals surface area contributed by atoms with Crippen LogP contribution >= 0.6 is 11.3 Å². The number of Topliss-reactive ketones (excluding diaryl/α,β-unsaturated/α-hetero) is 1. The van der Waals surface area contributed by atoms with Gasteiger partial charge in [-0.05, 0) is 38.0 Å². The second-order valence-corrected chi connectivity index (χ2v) is 9.49. The Labute approximate surface area is 214 Å². The van der Waals surface area contributed by atoms with Crippen LogP contribution in [0, 0.1) is 6.92 Å². The molecule has 1 aromatic heterocycles. The van der Waals surface area contributed by atoms with Gasteiger partial charge in [-0.3, -0.25) is 14.5 Å². The lowest BCUT2D eigenvalue weighted by Gasteiger charge is -2.23. The fraction of sp³-hybridized carbons (Fsp3) is 0.333. The van der Waals surface area contributed by atoms with E-state index >= 15 is 0 Å². The lowest BCUT2D eigenvalue weighted by atomic mass is 9.95. The zero-order valence-corrected chi connectivity index (χ0v) is 21.4. The van der Waals surface area contributed by atoms with Crippen LogP contribution in [0.3, 0.4) is 0 Å². The summed E-state index contributed by atoms with van der Waals surface area (Å²) in [7, 11) is 0. The molecule has 1 N–H and O–H groups in total. The number of benzene rings is 2. The van der Waals surface area contributed by atoms with E-state index in [9.17, 15) is 14.7 Å². The van der Waals surface area contributed by atoms with Crippen LogP contribution in [0.2, 0.25) is 0 Å². The summed E-state index contributed by atoms with van der Waals surface area (Å²) in [6.45, 7) is 6.75. The fourth-order valence-corrected chi connectivity index (χ4v) is 4.81. The van der Waals surface area contributed by atoms with Gasteiger partial charge in [0, 0.05) is 5.56 Å². The first-order valence-corrected chi connectivity index (χ1v) is 12.8. The summed E-state index contributed by atoms with van der Waals surface area (Å²) in [5, 5.41) is 20.3. The van der Waals surface area contributed by atoms with Crippen LogP contribution in [0.1, 0.15) is 55.3 Å². The molecule has 36 heavy (non-hydrogen) atoms. The number of aromatic nitrogens is 2. The van der Waals surface area contributed by atoms with E-state index in [-0.39, 0.29) is 16.5 Å². The maximum atomic E-state index is 13.3. The Kier molecular flexibility index (Phi) is 8.00. The number of hydrogen-bond acceptors (Lipinski definition) is 8. The number of ketones is 1. The van der Waals surface area contributed by atoms with Crippen LogP contribution in [0.5, 0.6) is 11.5 Å². The molecule has 0 aliphatic carbocycles. The summed E-state index contributed by atoms with van der Waals surface area (Å²) in [6.07, 6.45) is 3.08. The van der Waals surface area contributed by atoms with Crippen molar-refractivity contribution in [2.45, 2.75) is 46.1 Å². The third-order valence-corrected chi connectivity index (χ3v) is 6.64. The average molecular weight is 508 g/mol. The van der Waals surface area contributed by atoms with Gasteiger partial charge in [-0.15, -0.1) is 10.2 Å². The quantitative estimate of drug-likeness (QED) is 0.169. The molecule has 1 atom stereocenters. The van der Waals surface area contributed by atoms with Crippen molar-refractivity contribution in [2.75, 3.05) is 18.1 Å². The number of amides is 1. The molecule has 8 nitrogen and oxygen atoms in total. The number of rotatable bonds is 10. The van der Waals surface area contributed by atoms with Crippen molar-refractivity contribution < 1.29 is 24.2 Å². The topological polar surface area (TPSA) is 102 Å². The van der Waals surface area contributed by atoms with E-state index in [1.165, 1.54) is 16.2 Å². The number of nitrogens with zero attached hydrogens (tertiary/aromatic N) is 3. The summed E-state index contributed by atoms with van der Waals surface area (Å²) >= 11 is 1.20. The van der Waals surface area contributed by atoms with Crippen LogP contribution in [-0.2, 0) is 9.59 Å². The molecule has 1 amide bonds. The largest absolute Gasteiger partial charge is 0.507 e. The molecule has 4 rings (SSSR count). The molecule has 2 heterocycles. The van der Waals surface area contributed by atoms with Crippen LogP contribution in [0.4, 0.5) is 5.13 Å². The fourth-order valence-electron chi connectivity index (χ4n) is 4.10. The zero-order valence-electron chi connectivity index (χ0n) is 20.6. The molecule has 1 fully saturated rings. The summed E-state index contributed by atoms with van der Waals surface area (Å²) in [4.78, 5) is 27.8. The zero-order chi connectivity index (χ0) is 25.7. The lowest BCUT2D eigenvalue weighted by molar-refractivity contribution is -0.132. The number of hydrogen-bond donors (Lipinski definition) is 1. The average Bonchev–Trinajstić information content (AvgIpc) is 3.43. The first kappa shape index (κ1) is 25.4. The van der Waals surface area contributed by atoms with Crippen LogP contribution in [0.25, 0.3) is 5.76 Å². The monoisotopic (exact) mass is 507 g/mol. The molecule has 3 aromatic rings. The number of aliphatic hydroxyl groups excluding tert-OH is 1. The van der Waals surface area contributed by atoms with Gasteiger partial charge in [0.1, 0.15) is 10.8 Å². The number of anilines is 1. The summed E-state index contributed by atoms with van der Waals surface area (Å²) in [5.74, 6) is -0.715. The molecule has 188 valence electrons. The molecule has 0 radical (unpaired) electrons. The number of aliphatic hydroxyl groups is 1. The highest BCUT2D eigenvalue weighted by molar-refractivity contribution is 7.15. The Morgan fingerprint density at radius 2 is 1.81 bits per heavy atom. The van der Waals surface area contributed by atoms with E-state index in [4.69, 9.17) is 9.47 Å². The summed E-state index contributed by atoms with van der Waals surface area (Å²) < 4.78 is 11.8. The number of ether oxygens (including phenoxy) is 2. The Balaban J connectivity index is 1.83. The van der Waals surface area contributed by atoms with Crippen molar-refractivity contribution in [2.24, 2.45) is 0 Å². The van der Waals surface area contributed by atoms with Gasteiger partial charge in [0.25, 0.3) is 5.78 Å². The molecule has 0 saturated carbocycles. The van der Waals surface area contributed by atoms with Gasteiger partial charge >= 0.3 is 5.91 Å². The predicted octanol–water partition coefficient (Wildman–Crippen LogP) is 5.44. The van der Waals surface area contributed by atoms with Gasteiger partial charge in [-0.25, -0.2) is 0 Å². The first-order valence-electron chi connectivity index (χ1n) is 12.0. The van der Waals surface area contributed by atoms with E-state index in [2.05, 4.69) is 17.1 Å². The van der Waals surface area contributed by atoms with Crippen LogP contribution < -0.4 is 14.4 Å². The maximum Gasteiger partial charge on any atom is 0.301 e. The molecule has 0 bridgehead atoms. The number of carbonyl (C=O) groups is 2. The maximum absolute atomic E-state index is 13.3. The molecule has 2 aromatic carbocycles. The van der Waals surface area contributed by atoms with Gasteiger partial charge in [-0.2, -0.15) is 0 Å². The highest BCUT2D eigenvalue weighted by Gasteiger charge is 2.48. The Morgan fingerprint density at radius 3 is 2.47 bits per heavy atom. The van der Waals surface area contributed by atoms with E-state index < -0.39 is 17.7 Å².